The number of amides is 1. The summed E-state index contributed by atoms with van der Waals surface area (Å²) in [5.41, 5.74) is -0.454. The van der Waals surface area contributed by atoms with Gasteiger partial charge in [0.05, 0.1) is 12.5 Å². The van der Waals surface area contributed by atoms with Crippen LogP contribution >= 0.6 is 0 Å². The molecule has 5 nitrogen and oxygen atoms in total. The number of likely N-dealkylation sites (tertiary alicyclic amines) is 1. The van der Waals surface area contributed by atoms with Gasteiger partial charge in [0, 0.05) is 25.2 Å². The van der Waals surface area contributed by atoms with Crippen molar-refractivity contribution in [2.24, 2.45) is 0 Å². The molecule has 0 aromatic rings. The SMILES string of the molecule is CCC(CC#N)NCC1CCCN1C(=O)OC(C)(C)C. The maximum absolute atomic E-state index is 12.1. The third kappa shape index (κ3) is 5.38. The Morgan fingerprint density at radius 1 is 1.55 bits per heavy atom. The number of nitrogens with zero attached hydrogens (tertiary/aromatic N) is 2. The van der Waals surface area contributed by atoms with Gasteiger partial charge in [-0.2, -0.15) is 5.26 Å². The summed E-state index contributed by atoms with van der Waals surface area (Å²) in [5.74, 6) is 0. The lowest BCUT2D eigenvalue weighted by Crippen LogP contribution is -2.45. The van der Waals surface area contributed by atoms with E-state index in [9.17, 15) is 4.79 Å². The molecule has 1 fully saturated rings. The van der Waals surface area contributed by atoms with Gasteiger partial charge in [0.2, 0.25) is 0 Å². The number of hydrogen-bond acceptors (Lipinski definition) is 4. The van der Waals surface area contributed by atoms with Crippen LogP contribution in [0.1, 0.15) is 53.4 Å². The molecule has 2 atom stereocenters. The number of carbonyl (C=O) groups is 1. The molecule has 5 heteroatoms. The monoisotopic (exact) mass is 281 g/mol. The van der Waals surface area contributed by atoms with Gasteiger partial charge in [-0.25, -0.2) is 4.79 Å². The summed E-state index contributed by atoms with van der Waals surface area (Å²) >= 11 is 0. The summed E-state index contributed by atoms with van der Waals surface area (Å²) in [6.45, 7) is 9.21. The van der Waals surface area contributed by atoms with E-state index >= 15 is 0 Å². The second-order valence-corrected chi connectivity index (χ2v) is 6.35. The maximum Gasteiger partial charge on any atom is 0.410 e. The summed E-state index contributed by atoms with van der Waals surface area (Å²) < 4.78 is 5.44. The number of rotatable bonds is 5. The highest BCUT2D eigenvalue weighted by Gasteiger charge is 2.32. The van der Waals surface area contributed by atoms with E-state index in [-0.39, 0.29) is 18.2 Å². The normalized spacial score (nSPS) is 20.6. The fraction of sp³-hybridized carbons (Fsp3) is 0.867. The molecule has 114 valence electrons. The molecular weight excluding hydrogens is 254 g/mol. The molecule has 0 aromatic carbocycles. The molecule has 0 bridgehead atoms. The van der Waals surface area contributed by atoms with E-state index in [4.69, 9.17) is 10.00 Å². The lowest BCUT2D eigenvalue weighted by Gasteiger charge is -2.29. The largest absolute Gasteiger partial charge is 0.444 e. The fourth-order valence-electron chi connectivity index (χ4n) is 2.38. The van der Waals surface area contributed by atoms with Gasteiger partial charge in [-0.1, -0.05) is 6.92 Å². The maximum atomic E-state index is 12.1. The summed E-state index contributed by atoms with van der Waals surface area (Å²) in [5, 5.41) is 12.1. The number of nitriles is 1. The predicted octanol–water partition coefficient (Wildman–Crippen LogP) is 2.67. The van der Waals surface area contributed by atoms with Crippen LogP contribution in [0.25, 0.3) is 0 Å². The first kappa shape index (κ1) is 16.8. The van der Waals surface area contributed by atoms with Crippen LogP contribution in [-0.4, -0.2) is 41.8 Å². The lowest BCUT2D eigenvalue weighted by atomic mass is 10.1. The van der Waals surface area contributed by atoms with E-state index in [1.807, 2.05) is 25.7 Å². The van der Waals surface area contributed by atoms with Crippen molar-refractivity contribution >= 4 is 6.09 Å². The zero-order valence-electron chi connectivity index (χ0n) is 13.1. The molecule has 0 saturated carbocycles. The molecule has 1 N–H and O–H groups in total. The first-order chi connectivity index (χ1) is 9.37. The second kappa shape index (κ2) is 7.49. The Bertz CT molecular complexity index is 357. The van der Waals surface area contributed by atoms with Gasteiger partial charge < -0.3 is 15.0 Å². The minimum Gasteiger partial charge on any atom is -0.444 e. The topological polar surface area (TPSA) is 65.4 Å². The number of hydrogen-bond donors (Lipinski definition) is 1. The quantitative estimate of drug-likeness (QED) is 0.841. The van der Waals surface area contributed by atoms with Gasteiger partial charge in [-0.15, -0.1) is 0 Å². The molecular formula is C15H27N3O2. The van der Waals surface area contributed by atoms with E-state index in [0.29, 0.717) is 6.42 Å². The minimum absolute atomic E-state index is 0.178. The van der Waals surface area contributed by atoms with Crippen LogP contribution in [-0.2, 0) is 4.74 Å². The van der Waals surface area contributed by atoms with Crippen molar-refractivity contribution in [2.45, 2.75) is 71.1 Å². The number of ether oxygens (including phenoxy) is 1. The second-order valence-electron chi connectivity index (χ2n) is 6.35. The van der Waals surface area contributed by atoms with E-state index in [2.05, 4.69) is 18.3 Å². The Morgan fingerprint density at radius 2 is 2.25 bits per heavy atom. The van der Waals surface area contributed by atoms with Crippen molar-refractivity contribution in [3.63, 3.8) is 0 Å². The Hall–Kier alpha value is -1.28. The van der Waals surface area contributed by atoms with Crippen LogP contribution in [0.4, 0.5) is 4.79 Å². The van der Waals surface area contributed by atoms with Gasteiger partial charge in [-0.05, 0) is 40.0 Å². The molecule has 1 saturated heterocycles. The van der Waals surface area contributed by atoms with Crippen molar-refractivity contribution < 1.29 is 9.53 Å². The average molecular weight is 281 g/mol. The first-order valence-electron chi connectivity index (χ1n) is 7.47. The van der Waals surface area contributed by atoms with Gasteiger partial charge in [0.1, 0.15) is 5.60 Å². The van der Waals surface area contributed by atoms with Gasteiger partial charge >= 0.3 is 6.09 Å². The summed E-state index contributed by atoms with van der Waals surface area (Å²) in [7, 11) is 0. The fourth-order valence-corrected chi connectivity index (χ4v) is 2.38. The van der Waals surface area contributed by atoms with Crippen molar-refractivity contribution in [1.82, 2.24) is 10.2 Å². The first-order valence-corrected chi connectivity index (χ1v) is 7.47. The molecule has 1 aliphatic heterocycles. The predicted molar refractivity (Wildman–Crippen MR) is 78.3 cm³/mol. The molecule has 0 radical (unpaired) electrons. The van der Waals surface area contributed by atoms with E-state index < -0.39 is 5.60 Å². The molecule has 0 spiro atoms. The van der Waals surface area contributed by atoms with Gasteiger partial charge in [0.15, 0.2) is 0 Å². The Balaban J connectivity index is 2.49. The summed E-state index contributed by atoms with van der Waals surface area (Å²) in [6, 6.07) is 2.58. The molecule has 0 aromatic heterocycles. The van der Waals surface area contributed by atoms with E-state index in [1.165, 1.54) is 0 Å². The van der Waals surface area contributed by atoms with E-state index in [1.54, 1.807) is 0 Å². The third-order valence-corrected chi connectivity index (χ3v) is 3.48. The summed E-state index contributed by atoms with van der Waals surface area (Å²) in [4.78, 5) is 14.0. The highest BCUT2D eigenvalue weighted by Crippen LogP contribution is 2.20. The van der Waals surface area contributed by atoms with Crippen molar-refractivity contribution in [3.8, 4) is 6.07 Å². The molecule has 0 aliphatic carbocycles. The van der Waals surface area contributed by atoms with Crippen LogP contribution in [0.15, 0.2) is 0 Å². The Kier molecular flexibility index (Phi) is 6.28. The standard InChI is InChI=1S/C15H27N3O2/c1-5-12(8-9-16)17-11-13-7-6-10-18(13)14(19)20-15(2,3)4/h12-13,17H,5-8,10-11H2,1-4H3. The highest BCUT2D eigenvalue weighted by atomic mass is 16.6. The van der Waals surface area contributed by atoms with Crippen LogP contribution in [0.5, 0.6) is 0 Å². The zero-order chi connectivity index (χ0) is 15.2. The minimum atomic E-state index is -0.454. The molecule has 1 amide bonds. The number of nitrogens with one attached hydrogen (secondary N) is 1. The van der Waals surface area contributed by atoms with Gasteiger partial charge in [-0.3, -0.25) is 0 Å². The highest BCUT2D eigenvalue weighted by molar-refractivity contribution is 5.69. The van der Waals surface area contributed by atoms with Gasteiger partial charge in [0.25, 0.3) is 0 Å². The van der Waals surface area contributed by atoms with Crippen LogP contribution < -0.4 is 5.32 Å². The zero-order valence-corrected chi connectivity index (χ0v) is 13.1. The smallest absolute Gasteiger partial charge is 0.410 e. The van der Waals surface area contributed by atoms with Crippen LogP contribution in [0.2, 0.25) is 0 Å². The summed E-state index contributed by atoms with van der Waals surface area (Å²) in [6.07, 6.45) is 3.22. The third-order valence-electron chi connectivity index (χ3n) is 3.48. The van der Waals surface area contributed by atoms with E-state index in [0.717, 1.165) is 32.4 Å². The van der Waals surface area contributed by atoms with Crippen LogP contribution in [0, 0.1) is 11.3 Å². The molecule has 2 unspecified atom stereocenters. The lowest BCUT2D eigenvalue weighted by molar-refractivity contribution is 0.0224. The Labute approximate surface area is 122 Å². The molecule has 1 rings (SSSR count). The average Bonchev–Trinajstić information content (AvgIpc) is 2.80. The van der Waals surface area contributed by atoms with Crippen LogP contribution in [0.3, 0.4) is 0 Å². The van der Waals surface area contributed by atoms with Crippen molar-refractivity contribution in [2.75, 3.05) is 13.1 Å². The van der Waals surface area contributed by atoms with Crippen molar-refractivity contribution in [1.29, 1.82) is 5.26 Å². The molecule has 20 heavy (non-hydrogen) atoms. The molecule has 1 aliphatic rings. The number of carbonyl (C=O) groups excluding carboxylic acids is 1. The van der Waals surface area contributed by atoms with Crippen molar-refractivity contribution in [3.05, 3.63) is 0 Å². The molecule has 1 heterocycles. The Morgan fingerprint density at radius 3 is 2.80 bits per heavy atom.